The third kappa shape index (κ3) is 37.4. The summed E-state index contributed by atoms with van der Waals surface area (Å²) in [6.07, 6.45) is 27.8. The van der Waals surface area contributed by atoms with E-state index in [1.165, 1.54) is 0 Å². The summed E-state index contributed by atoms with van der Waals surface area (Å²) in [7, 11) is 0. The second-order valence-corrected chi connectivity index (χ2v) is 29.4. The number of aliphatic hydroxyl groups is 4. The van der Waals surface area contributed by atoms with E-state index < -0.39 is 88.8 Å². The van der Waals surface area contributed by atoms with Gasteiger partial charge in [-0.15, -0.1) is 0 Å². The molecule has 4 aliphatic carbocycles. The maximum absolute atomic E-state index is 11.2. The number of hydrogen-bond acceptors (Lipinski definition) is 20. The van der Waals surface area contributed by atoms with Gasteiger partial charge in [0.2, 0.25) is 0 Å². The van der Waals surface area contributed by atoms with Crippen LogP contribution in [0.3, 0.4) is 0 Å². The molecule has 0 bridgehead atoms. The third-order valence-corrected chi connectivity index (χ3v) is 20.0. The SMILES string of the molecule is CC(C)OC1CCCCCCCC1(O)C(=O)[O-].CC(C)OC1CCCCCCCC1(O)C(=O)[O-].CC(C)OC1CCCCCCCC1(O)C(=O)[O-].CC(C)OC1CCCCCCCC1(O)C(=O)[O-].CCCC[O][Ti]([O]CCCC)([O]CCCC)[O]CCCC.[Ti+4]. The molecule has 8 atom stereocenters. The minimum atomic E-state index is -3.52. The maximum atomic E-state index is 11.2. The van der Waals surface area contributed by atoms with Crippen LogP contribution in [0.25, 0.3) is 0 Å². The summed E-state index contributed by atoms with van der Waals surface area (Å²) in [5, 5.41) is 86.0. The fraction of sp³-hybridized carbons (Fsp3) is 0.941. The van der Waals surface area contributed by atoms with Gasteiger partial charge in [0.15, 0.2) is 0 Å². The molecule has 0 aliphatic heterocycles. The van der Waals surface area contributed by atoms with Gasteiger partial charge in [0.05, 0.1) is 72.7 Å². The van der Waals surface area contributed by atoms with Crippen LogP contribution in [0.1, 0.15) is 314 Å². The van der Waals surface area contributed by atoms with Crippen molar-refractivity contribution in [1.82, 2.24) is 0 Å². The molecule has 0 saturated heterocycles. The van der Waals surface area contributed by atoms with Gasteiger partial charge in [-0.3, -0.25) is 0 Å². The fourth-order valence-corrected chi connectivity index (χ4v) is 14.4. The first-order chi connectivity index (χ1) is 42.1. The number of ether oxygens (including phenoxy) is 4. The van der Waals surface area contributed by atoms with Crippen LogP contribution in [0.5, 0.6) is 0 Å². The summed E-state index contributed by atoms with van der Waals surface area (Å²) >= 11 is -3.52. The predicted molar refractivity (Wildman–Crippen MR) is 333 cm³/mol. The molecule has 0 aromatic heterocycles. The molecule has 0 spiro atoms. The second-order valence-electron chi connectivity index (χ2n) is 26.1. The Bertz CT molecular complexity index is 1560. The van der Waals surface area contributed by atoms with E-state index >= 15 is 0 Å². The van der Waals surface area contributed by atoms with Crippen LogP contribution in [-0.2, 0) is 91.3 Å². The fourth-order valence-electron chi connectivity index (χ4n) is 11.2. The Kier molecular flexibility index (Phi) is 52.5. The van der Waals surface area contributed by atoms with Crippen molar-refractivity contribution in [3.63, 3.8) is 0 Å². The monoisotopic (exact) mass is 1360 g/mol. The quantitative estimate of drug-likeness (QED) is 0.0419. The van der Waals surface area contributed by atoms with Gasteiger partial charge in [0.25, 0.3) is 0 Å². The summed E-state index contributed by atoms with van der Waals surface area (Å²) in [6, 6.07) is 0. The van der Waals surface area contributed by atoms with E-state index in [0.717, 1.165) is 154 Å². The number of hydrogen-bond donors (Lipinski definition) is 4. The zero-order valence-electron chi connectivity index (χ0n) is 58.2. The van der Waals surface area contributed by atoms with E-state index in [1.807, 2.05) is 55.4 Å². The third-order valence-electron chi connectivity index (χ3n) is 16.5. The van der Waals surface area contributed by atoms with Crippen LogP contribution in [0, 0.1) is 0 Å². The first kappa shape index (κ1) is 90.9. The Morgan fingerprint density at radius 2 is 0.511 bits per heavy atom. The summed E-state index contributed by atoms with van der Waals surface area (Å²) < 4.78 is 46.5. The second kappa shape index (κ2) is 52.0. The van der Waals surface area contributed by atoms with Crippen LogP contribution in [0.15, 0.2) is 0 Å². The van der Waals surface area contributed by atoms with Crippen molar-refractivity contribution in [2.45, 2.75) is 385 Å². The Morgan fingerprint density at radius 3 is 0.667 bits per heavy atom. The molecule has 0 heterocycles. The Balaban J connectivity index is 0. The van der Waals surface area contributed by atoms with Gasteiger partial charge >= 0.3 is 159 Å². The van der Waals surface area contributed by atoms with Gasteiger partial charge in [-0.25, -0.2) is 0 Å². The standard InChI is InChI=1S/4C13H24O4.4C4H9O.2Ti/c4*1-10(2)17-11-8-6-4-3-5-7-9-13(11,16)12(14)15;4*1-2-3-4-5;;/h4*10-11,16H,3-9H2,1-2H3,(H,14,15);4*2-4H2,1H3;;/q;;;;4*-1;2*+4/p-4. The summed E-state index contributed by atoms with van der Waals surface area (Å²) in [5.41, 5.74) is -7.30. The number of carbonyl (C=O) groups is 4. The molecule has 0 aromatic carbocycles. The average molecular weight is 1360 g/mol. The van der Waals surface area contributed by atoms with E-state index in [1.54, 1.807) is 0 Å². The molecule has 90 heavy (non-hydrogen) atoms. The number of rotatable bonds is 28. The van der Waals surface area contributed by atoms with Crippen molar-refractivity contribution in [2.75, 3.05) is 26.4 Å². The molecule has 8 unspecified atom stereocenters. The topological polar surface area (TPSA) is 315 Å². The number of carbonyl (C=O) groups excluding carboxylic acids is 4. The molecule has 0 amide bonds. The first-order valence-electron chi connectivity index (χ1n) is 35.0. The van der Waals surface area contributed by atoms with Crippen LogP contribution in [-0.4, -0.2) is 142 Å². The molecule has 20 nitrogen and oxygen atoms in total. The minimum Gasteiger partial charge on any atom is 4.00 e. The van der Waals surface area contributed by atoms with Gasteiger partial charge in [0, 0.05) is 0 Å². The van der Waals surface area contributed by atoms with E-state index in [9.17, 15) is 60.0 Å². The number of unbranched alkanes of at least 4 members (excludes halogenated alkanes) is 4. The molecule has 22 heteroatoms. The van der Waals surface area contributed by atoms with Gasteiger partial charge in [-0.1, -0.05) is 128 Å². The molecule has 0 aromatic rings. The molecule has 4 fully saturated rings. The first-order valence-corrected chi connectivity index (χ1v) is 37.6. The van der Waals surface area contributed by atoms with Gasteiger partial charge in [0.1, 0.15) is 22.4 Å². The molecule has 0 radical (unpaired) electrons. The zero-order chi connectivity index (χ0) is 67.4. The number of carboxylic acid groups (broad SMARTS) is 4. The predicted octanol–water partition coefficient (Wildman–Crippen LogP) is 9.09. The molecule has 4 aliphatic rings. The summed E-state index contributed by atoms with van der Waals surface area (Å²) in [4.78, 5) is 44.8. The van der Waals surface area contributed by atoms with E-state index in [0.29, 0.717) is 77.8 Å². The Morgan fingerprint density at radius 1 is 0.344 bits per heavy atom. The van der Waals surface area contributed by atoms with Gasteiger partial charge in [-0.05, 0) is 107 Å². The van der Waals surface area contributed by atoms with Crippen molar-refractivity contribution in [2.24, 2.45) is 0 Å². The van der Waals surface area contributed by atoms with Crippen molar-refractivity contribution in [3.8, 4) is 0 Å². The minimum absolute atomic E-state index is 0. The smallest absolute Gasteiger partial charge is 4.00 e. The number of aliphatic carboxylic acids is 4. The van der Waals surface area contributed by atoms with Crippen molar-refractivity contribution in [3.05, 3.63) is 0 Å². The van der Waals surface area contributed by atoms with E-state index in [4.69, 9.17) is 32.2 Å². The van der Waals surface area contributed by atoms with Crippen molar-refractivity contribution >= 4 is 23.9 Å². The number of carboxylic acids is 4. The Labute approximate surface area is 564 Å². The van der Waals surface area contributed by atoms with Gasteiger partial charge < -0.3 is 79.0 Å². The largest absolute Gasteiger partial charge is 4.00 e. The summed E-state index contributed by atoms with van der Waals surface area (Å²) in [5.74, 6) is -5.59. The molecule has 4 rings (SSSR count). The molecule has 4 saturated carbocycles. The Hall–Kier alpha value is -1.17. The van der Waals surface area contributed by atoms with Crippen LogP contribution >= 0.6 is 0 Å². The average Bonchev–Trinajstić information content (AvgIpc) is 1.23. The van der Waals surface area contributed by atoms with Crippen LogP contribution in [0.2, 0.25) is 0 Å². The summed E-state index contributed by atoms with van der Waals surface area (Å²) in [6.45, 7) is 26.2. The molecular weight excluding hydrogens is 1230 g/mol. The molecular formula is C68H128O20Ti2. The zero-order valence-corrected chi connectivity index (χ0v) is 61.3. The van der Waals surface area contributed by atoms with E-state index in [2.05, 4.69) is 27.7 Å². The van der Waals surface area contributed by atoms with Gasteiger partial charge in [-0.2, -0.15) is 0 Å². The molecule has 528 valence electrons. The van der Waals surface area contributed by atoms with Crippen molar-refractivity contribution < 1.29 is 132 Å². The van der Waals surface area contributed by atoms with E-state index in [-0.39, 0.29) is 71.8 Å². The molecule has 4 N–H and O–H groups in total. The normalized spacial score (nSPS) is 26.7. The maximum Gasteiger partial charge on any atom is 4.00 e. The van der Waals surface area contributed by atoms with Crippen LogP contribution < -0.4 is 20.4 Å². The van der Waals surface area contributed by atoms with Crippen molar-refractivity contribution in [1.29, 1.82) is 0 Å². The van der Waals surface area contributed by atoms with Crippen LogP contribution in [0.4, 0.5) is 0 Å².